The van der Waals surface area contributed by atoms with Crippen LogP contribution in [0.4, 0.5) is 0 Å². The third kappa shape index (κ3) is 11.3. The van der Waals surface area contributed by atoms with Crippen molar-refractivity contribution >= 4 is 16.7 Å². The summed E-state index contributed by atoms with van der Waals surface area (Å²) >= 11 is 0. The summed E-state index contributed by atoms with van der Waals surface area (Å²) in [5.41, 5.74) is 6.68. The molecular formula is C48H46O4. The van der Waals surface area contributed by atoms with Crippen molar-refractivity contribution in [3.63, 3.8) is 0 Å². The van der Waals surface area contributed by atoms with E-state index in [4.69, 9.17) is 14.2 Å². The molecule has 4 heteroatoms. The van der Waals surface area contributed by atoms with Gasteiger partial charge in [-0.25, -0.2) is 4.79 Å². The molecule has 0 N–H and O–H groups in total. The number of hydrogen-bond donors (Lipinski definition) is 0. The number of allylic oxidation sites excluding steroid dienone is 1. The van der Waals surface area contributed by atoms with Crippen molar-refractivity contribution < 1.29 is 19.0 Å². The van der Waals surface area contributed by atoms with Crippen molar-refractivity contribution in [2.75, 3.05) is 13.2 Å². The average Bonchev–Trinajstić information content (AvgIpc) is 3.18. The Labute approximate surface area is 309 Å². The van der Waals surface area contributed by atoms with Gasteiger partial charge in [0.1, 0.15) is 11.5 Å². The molecule has 0 aliphatic rings. The Morgan fingerprint density at radius 1 is 0.673 bits per heavy atom. The quantitative estimate of drug-likeness (QED) is 0.0275. The maximum Gasteiger partial charge on any atom is 0.335 e. The summed E-state index contributed by atoms with van der Waals surface area (Å²) in [6, 6.07) is 34.6. The van der Waals surface area contributed by atoms with Crippen LogP contribution in [0.2, 0.25) is 0 Å². The number of unbranched alkanes of at least 4 members (excludes halogenated alkanes) is 3. The third-order valence-electron chi connectivity index (χ3n) is 8.58. The Morgan fingerprint density at radius 3 is 2.00 bits per heavy atom. The van der Waals surface area contributed by atoms with Gasteiger partial charge in [0.2, 0.25) is 0 Å². The lowest BCUT2D eigenvalue weighted by atomic mass is 10.0. The van der Waals surface area contributed by atoms with Crippen molar-refractivity contribution in [3.05, 3.63) is 156 Å². The fourth-order valence-electron chi connectivity index (χ4n) is 5.58. The summed E-state index contributed by atoms with van der Waals surface area (Å²) in [5.74, 6) is 14.3. The molecule has 0 atom stereocenters. The van der Waals surface area contributed by atoms with Gasteiger partial charge in [0.15, 0.2) is 0 Å². The molecule has 5 aromatic rings. The first-order valence-corrected chi connectivity index (χ1v) is 18.1. The van der Waals surface area contributed by atoms with Crippen molar-refractivity contribution in [1.29, 1.82) is 0 Å². The number of fused-ring (bicyclic) bond motifs is 1. The normalized spacial score (nSPS) is 10.3. The van der Waals surface area contributed by atoms with Crippen molar-refractivity contribution in [2.45, 2.75) is 58.8 Å². The van der Waals surface area contributed by atoms with Crippen LogP contribution < -0.4 is 9.47 Å². The minimum absolute atomic E-state index is 0.339. The first kappa shape index (κ1) is 37.3. The Bertz CT molecular complexity index is 2120. The highest BCUT2D eigenvalue weighted by Crippen LogP contribution is 2.24. The van der Waals surface area contributed by atoms with E-state index < -0.39 is 5.97 Å². The second kappa shape index (κ2) is 19.4. The second-order valence-electron chi connectivity index (χ2n) is 12.6. The Balaban J connectivity index is 1.21. The minimum atomic E-state index is -0.555. The van der Waals surface area contributed by atoms with E-state index in [1.165, 1.54) is 11.1 Å². The SMILES string of the molecule is C=CC(=O)Oc1cc(C#Cc2ccc3cc(OCCCCCCOC(=C)CC)ccc3c2)ccc1C#Cc1ccc(-c2ccc(CCC)cc2)cc1. The van der Waals surface area contributed by atoms with Gasteiger partial charge in [-0.15, -0.1) is 0 Å². The first-order chi connectivity index (χ1) is 25.4. The molecule has 52 heavy (non-hydrogen) atoms. The fourth-order valence-corrected chi connectivity index (χ4v) is 5.58. The van der Waals surface area contributed by atoms with Gasteiger partial charge >= 0.3 is 5.97 Å². The lowest BCUT2D eigenvalue weighted by molar-refractivity contribution is -0.128. The molecule has 0 fully saturated rings. The molecule has 0 bridgehead atoms. The molecule has 0 aliphatic heterocycles. The van der Waals surface area contributed by atoms with Crippen LogP contribution in [0.1, 0.15) is 80.2 Å². The van der Waals surface area contributed by atoms with Gasteiger partial charge < -0.3 is 14.2 Å². The number of carbonyl (C=O) groups is 1. The van der Waals surface area contributed by atoms with E-state index in [1.54, 1.807) is 6.07 Å². The molecular weight excluding hydrogens is 641 g/mol. The molecule has 0 heterocycles. The monoisotopic (exact) mass is 686 g/mol. The summed E-state index contributed by atoms with van der Waals surface area (Å²) in [7, 11) is 0. The van der Waals surface area contributed by atoms with Crippen molar-refractivity contribution in [2.24, 2.45) is 0 Å². The predicted molar refractivity (Wildman–Crippen MR) is 213 cm³/mol. The molecule has 262 valence electrons. The van der Waals surface area contributed by atoms with Gasteiger partial charge in [0.05, 0.1) is 24.5 Å². The van der Waals surface area contributed by atoms with Crippen LogP contribution in [0, 0.1) is 23.7 Å². The van der Waals surface area contributed by atoms with E-state index in [9.17, 15) is 4.79 Å². The number of carbonyl (C=O) groups excluding carboxylic acids is 1. The van der Waals surface area contributed by atoms with Crippen molar-refractivity contribution in [1.82, 2.24) is 0 Å². The topological polar surface area (TPSA) is 44.8 Å². The lowest BCUT2D eigenvalue weighted by Crippen LogP contribution is -2.04. The highest BCUT2D eigenvalue weighted by Gasteiger charge is 2.07. The highest BCUT2D eigenvalue weighted by molar-refractivity contribution is 5.85. The van der Waals surface area contributed by atoms with Crippen molar-refractivity contribution in [3.8, 4) is 46.3 Å². The zero-order chi connectivity index (χ0) is 36.5. The molecule has 0 aliphatic carbocycles. The van der Waals surface area contributed by atoms with E-state index >= 15 is 0 Å². The van der Waals surface area contributed by atoms with Crippen LogP contribution >= 0.6 is 0 Å². The molecule has 0 saturated heterocycles. The minimum Gasteiger partial charge on any atom is -0.499 e. The summed E-state index contributed by atoms with van der Waals surface area (Å²) in [6.07, 6.45) is 8.49. The molecule has 0 aromatic heterocycles. The molecule has 0 spiro atoms. The van der Waals surface area contributed by atoms with Gasteiger partial charge in [-0.2, -0.15) is 0 Å². The van der Waals surface area contributed by atoms with Gasteiger partial charge in [-0.3, -0.25) is 0 Å². The van der Waals surface area contributed by atoms with E-state index in [2.05, 4.69) is 111 Å². The second-order valence-corrected chi connectivity index (χ2v) is 12.6. The number of ether oxygens (including phenoxy) is 3. The number of esters is 1. The van der Waals surface area contributed by atoms with Gasteiger partial charge in [0, 0.05) is 29.2 Å². The smallest absolute Gasteiger partial charge is 0.335 e. The summed E-state index contributed by atoms with van der Waals surface area (Å²) in [6.45, 7) is 13.1. The largest absolute Gasteiger partial charge is 0.499 e. The Morgan fingerprint density at radius 2 is 1.29 bits per heavy atom. The molecule has 5 aromatic carbocycles. The lowest BCUT2D eigenvalue weighted by Gasteiger charge is -2.08. The maximum absolute atomic E-state index is 12.2. The zero-order valence-corrected chi connectivity index (χ0v) is 30.3. The standard InChI is InChI=1S/C48H46O4/c1-5-12-37-15-22-41(23-16-37)42-24-17-38(18-25-42)19-26-43-27-20-40(34-47(43)52-48(49)7-3)14-13-39-21-28-45-35-46(30-29-44(45)33-39)51-32-11-9-8-10-31-50-36(4)6-2/h7,15-18,20-25,27-30,33-35H,3-6,8-12,31-32H2,1-2H3. The van der Waals surface area contributed by atoms with E-state index in [0.29, 0.717) is 23.5 Å². The zero-order valence-electron chi connectivity index (χ0n) is 30.3. The van der Waals surface area contributed by atoms with Gasteiger partial charge in [-0.05, 0) is 114 Å². The van der Waals surface area contributed by atoms with Crippen LogP contribution in [0.15, 0.2) is 128 Å². The molecule has 0 unspecified atom stereocenters. The van der Waals surface area contributed by atoms with Crippen LogP contribution in [0.25, 0.3) is 21.9 Å². The first-order valence-electron chi connectivity index (χ1n) is 18.1. The van der Waals surface area contributed by atoms with Crippen LogP contribution in [0.5, 0.6) is 11.5 Å². The Hall–Kier alpha value is -5.97. The van der Waals surface area contributed by atoms with E-state index in [1.807, 2.05) is 36.4 Å². The average molecular weight is 687 g/mol. The maximum atomic E-state index is 12.2. The molecule has 0 saturated carbocycles. The number of hydrogen-bond acceptors (Lipinski definition) is 4. The van der Waals surface area contributed by atoms with E-state index in [0.717, 1.165) is 96.6 Å². The van der Waals surface area contributed by atoms with Crippen LogP contribution in [0.3, 0.4) is 0 Å². The van der Waals surface area contributed by atoms with Crippen LogP contribution in [-0.2, 0) is 16.0 Å². The number of aryl methyl sites for hydroxylation is 1. The molecule has 0 amide bonds. The number of rotatable bonds is 15. The highest BCUT2D eigenvalue weighted by atomic mass is 16.5. The number of benzene rings is 5. The molecule has 5 rings (SSSR count). The van der Waals surface area contributed by atoms with Gasteiger partial charge in [-0.1, -0.05) is 106 Å². The molecule has 4 nitrogen and oxygen atoms in total. The summed E-state index contributed by atoms with van der Waals surface area (Å²) in [4.78, 5) is 12.2. The summed E-state index contributed by atoms with van der Waals surface area (Å²) < 4.78 is 17.1. The van der Waals surface area contributed by atoms with E-state index in [-0.39, 0.29) is 0 Å². The third-order valence-corrected chi connectivity index (χ3v) is 8.58. The summed E-state index contributed by atoms with van der Waals surface area (Å²) in [5, 5.41) is 2.17. The Kier molecular flexibility index (Phi) is 13.9. The van der Waals surface area contributed by atoms with Crippen LogP contribution in [-0.4, -0.2) is 19.2 Å². The predicted octanol–water partition coefficient (Wildman–Crippen LogP) is 11.2. The molecule has 0 radical (unpaired) electrons. The van der Waals surface area contributed by atoms with Gasteiger partial charge in [0.25, 0.3) is 0 Å². The fraction of sp³-hybridized carbons (Fsp3) is 0.229.